The first-order valence-electron chi connectivity index (χ1n) is 9.96. The van der Waals surface area contributed by atoms with Gasteiger partial charge in [0, 0.05) is 18.3 Å². The first kappa shape index (κ1) is 19.6. The number of quaternary nitrogens is 1. The number of thiazole rings is 1. The SMILES string of the molecule is Cc1ccc(N=c2scc(-c3cccs3)n2CCC[NH+]2CCOCC2)c(C)c1. The van der Waals surface area contributed by atoms with Gasteiger partial charge >= 0.3 is 0 Å². The first-order valence-corrected chi connectivity index (χ1v) is 11.7. The van der Waals surface area contributed by atoms with Crippen molar-refractivity contribution in [2.75, 3.05) is 32.8 Å². The highest BCUT2D eigenvalue weighted by Gasteiger charge is 2.14. The van der Waals surface area contributed by atoms with Crippen molar-refractivity contribution in [2.24, 2.45) is 4.99 Å². The summed E-state index contributed by atoms with van der Waals surface area (Å²) in [5, 5.41) is 4.41. The molecule has 0 saturated carbocycles. The molecule has 1 aliphatic heterocycles. The number of nitrogens with one attached hydrogen (secondary N) is 1. The number of aromatic nitrogens is 1. The fraction of sp³-hybridized carbons (Fsp3) is 0.409. The molecule has 0 unspecified atom stereocenters. The van der Waals surface area contributed by atoms with Crippen molar-refractivity contribution < 1.29 is 9.64 Å². The summed E-state index contributed by atoms with van der Waals surface area (Å²) in [5.41, 5.74) is 4.87. The third kappa shape index (κ3) is 4.63. The van der Waals surface area contributed by atoms with Crippen molar-refractivity contribution in [3.8, 4) is 10.6 Å². The molecule has 0 bridgehead atoms. The van der Waals surface area contributed by atoms with Gasteiger partial charge in [0.05, 0.1) is 36.0 Å². The van der Waals surface area contributed by atoms with Gasteiger partial charge in [-0.1, -0.05) is 23.8 Å². The fourth-order valence-electron chi connectivity index (χ4n) is 3.69. The quantitative estimate of drug-likeness (QED) is 0.658. The van der Waals surface area contributed by atoms with E-state index in [0.29, 0.717) is 0 Å². The molecule has 0 aliphatic carbocycles. The predicted octanol–water partition coefficient (Wildman–Crippen LogP) is 3.43. The Hall–Kier alpha value is -1.73. The number of ether oxygens (including phenoxy) is 1. The minimum absolute atomic E-state index is 0.897. The Morgan fingerprint density at radius 2 is 2.00 bits per heavy atom. The predicted molar refractivity (Wildman–Crippen MR) is 118 cm³/mol. The van der Waals surface area contributed by atoms with Crippen molar-refractivity contribution in [3.63, 3.8) is 0 Å². The van der Waals surface area contributed by atoms with Gasteiger partial charge in [0.2, 0.25) is 0 Å². The highest BCUT2D eigenvalue weighted by Crippen LogP contribution is 2.26. The van der Waals surface area contributed by atoms with Gasteiger partial charge < -0.3 is 14.2 Å². The van der Waals surface area contributed by atoms with Gasteiger partial charge in [-0.15, -0.1) is 22.7 Å². The van der Waals surface area contributed by atoms with Crippen LogP contribution in [0, 0.1) is 13.8 Å². The van der Waals surface area contributed by atoms with Gasteiger partial charge in [-0.25, -0.2) is 4.99 Å². The van der Waals surface area contributed by atoms with Crippen LogP contribution in [0.4, 0.5) is 5.69 Å². The van der Waals surface area contributed by atoms with Crippen LogP contribution < -0.4 is 9.70 Å². The molecular formula is C22H28N3OS2+. The molecule has 0 amide bonds. The Bertz CT molecular complexity index is 966. The van der Waals surface area contributed by atoms with Crippen LogP contribution in [0.15, 0.2) is 46.1 Å². The van der Waals surface area contributed by atoms with Crippen molar-refractivity contribution in [3.05, 3.63) is 57.0 Å². The average molecular weight is 415 g/mol. The molecule has 6 heteroatoms. The second kappa shape index (κ2) is 9.18. The third-order valence-corrected chi connectivity index (χ3v) is 7.01. The smallest absolute Gasteiger partial charge is 0.190 e. The molecule has 1 aromatic carbocycles. The van der Waals surface area contributed by atoms with Gasteiger partial charge in [0.15, 0.2) is 4.80 Å². The molecule has 0 spiro atoms. The zero-order valence-corrected chi connectivity index (χ0v) is 18.2. The Morgan fingerprint density at radius 1 is 1.14 bits per heavy atom. The highest BCUT2D eigenvalue weighted by molar-refractivity contribution is 7.14. The first-order chi connectivity index (χ1) is 13.7. The van der Waals surface area contributed by atoms with Gasteiger partial charge in [-0.2, -0.15) is 0 Å². The lowest BCUT2D eigenvalue weighted by Crippen LogP contribution is -3.14. The lowest BCUT2D eigenvalue weighted by Gasteiger charge is -2.23. The van der Waals surface area contributed by atoms with Crippen molar-refractivity contribution in [1.29, 1.82) is 0 Å². The summed E-state index contributed by atoms with van der Waals surface area (Å²) in [7, 11) is 0. The zero-order valence-electron chi connectivity index (χ0n) is 16.6. The van der Waals surface area contributed by atoms with E-state index in [1.165, 1.54) is 28.2 Å². The molecule has 1 N–H and O–H groups in total. The Labute approximate surface area is 174 Å². The van der Waals surface area contributed by atoms with Crippen LogP contribution in [0.5, 0.6) is 0 Å². The number of hydrogen-bond acceptors (Lipinski definition) is 4. The monoisotopic (exact) mass is 414 g/mol. The maximum absolute atomic E-state index is 5.49. The van der Waals surface area contributed by atoms with Crippen LogP contribution in [-0.4, -0.2) is 37.4 Å². The number of morpholine rings is 1. The van der Waals surface area contributed by atoms with Crippen LogP contribution >= 0.6 is 22.7 Å². The van der Waals surface area contributed by atoms with Crippen LogP contribution in [0.3, 0.4) is 0 Å². The second-order valence-electron chi connectivity index (χ2n) is 7.40. The van der Waals surface area contributed by atoms with Crippen LogP contribution in [-0.2, 0) is 11.3 Å². The van der Waals surface area contributed by atoms with Crippen molar-refractivity contribution in [1.82, 2.24) is 4.57 Å². The summed E-state index contributed by atoms with van der Waals surface area (Å²) in [5.74, 6) is 0. The Morgan fingerprint density at radius 3 is 2.75 bits per heavy atom. The largest absolute Gasteiger partial charge is 0.370 e. The van der Waals surface area contributed by atoms with E-state index >= 15 is 0 Å². The van der Waals surface area contributed by atoms with Gasteiger partial charge in [-0.3, -0.25) is 0 Å². The fourth-order valence-corrected chi connectivity index (χ4v) is 5.45. The number of nitrogens with zero attached hydrogens (tertiary/aromatic N) is 2. The van der Waals surface area contributed by atoms with Crippen LogP contribution in [0.2, 0.25) is 0 Å². The summed E-state index contributed by atoms with van der Waals surface area (Å²) < 4.78 is 7.90. The molecule has 0 radical (unpaired) electrons. The standard InChI is InChI=1S/C22H27N3OS2/c1-17-6-7-19(18(2)15-17)23-22-25(9-4-8-24-10-12-26-13-11-24)20(16-28-22)21-5-3-14-27-21/h3,5-7,14-16H,4,8-13H2,1-2H3/p+1. The molecule has 1 aliphatic rings. The van der Waals surface area contributed by atoms with Crippen LogP contribution in [0.1, 0.15) is 17.5 Å². The molecular weight excluding hydrogens is 386 g/mol. The summed E-state index contributed by atoms with van der Waals surface area (Å²) in [4.78, 5) is 9.10. The lowest BCUT2D eigenvalue weighted by atomic mass is 10.1. The van der Waals surface area contributed by atoms with Gasteiger partial charge in [0.1, 0.15) is 13.1 Å². The summed E-state index contributed by atoms with van der Waals surface area (Å²) in [6.45, 7) is 10.5. The third-order valence-electron chi connectivity index (χ3n) is 5.25. The minimum atomic E-state index is 0.897. The number of aryl methyl sites for hydroxylation is 2. The topological polar surface area (TPSA) is 31.0 Å². The van der Waals surface area contributed by atoms with E-state index in [1.807, 2.05) is 0 Å². The van der Waals surface area contributed by atoms with E-state index in [9.17, 15) is 0 Å². The van der Waals surface area contributed by atoms with Crippen LogP contribution in [0.25, 0.3) is 10.6 Å². The van der Waals surface area contributed by atoms with E-state index in [-0.39, 0.29) is 0 Å². The molecule has 1 fully saturated rings. The molecule has 28 heavy (non-hydrogen) atoms. The van der Waals surface area contributed by atoms with E-state index in [0.717, 1.165) is 49.8 Å². The molecule has 3 heterocycles. The number of benzene rings is 1. The summed E-state index contributed by atoms with van der Waals surface area (Å²) >= 11 is 3.54. The molecule has 3 aromatic rings. The normalized spacial score (nSPS) is 16.0. The average Bonchev–Trinajstić information content (AvgIpc) is 3.35. The van der Waals surface area contributed by atoms with Gasteiger partial charge in [-0.05, 0) is 36.9 Å². The Balaban J connectivity index is 1.61. The zero-order chi connectivity index (χ0) is 19.3. The lowest BCUT2D eigenvalue weighted by molar-refractivity contribution is -0.908. The second-order valence-corrected chi connectivity index (χ2v) is 9.18. The molecule has 148 valence electrons. The van der Waals surface area contributed by atoms with E-state index in [1.54, 1.807) is 27.6 Å². The summed E-state index contributed by atoms with van der Waals surface area (Å²) in [6.07, 6.45) is 1.16. The molecule has 1 saturated heterocycles. The maximum Gasteiger partial charge on any atom is 0.190 e. The number of rotatable bonds is 6. The molecule has 2 aromatic heterocycles. The van der Waals surface area contributed by atoms with E-state index in [2.05, 4.69) is 59.5 Å². The van der Waals surface area contributed by atoms with Crippen molar-refractivity contribution in [2.45, 2.75) is 26.8 Å². The van der Waals surface area contributed by atoms with Gasteiger partial charge in [0.25, 0.3) is 0 Å². The molecule has 4 nitrogen and oxygen atoms in total. The van der Waals surface area contributed by atoms with E-state index < -0.39 is 0 Å². The summed E-state index contributed by atoms with van der Waals surface area (Å²) in [6, 6.07) is 10.8. The molecule has 0 atom stereocenters. The molecule has 4 rings (SSSR count). The Kier molecular flexibility index (Phi) is 6.42. The maximum atomic E-state index is 5.49. The minimum Gasteiger partial charge on any atom is -0.370 e. The van der Waals surface area contributed by atoms with E-state index in [4.69, 9.17) is 9.73 Å². The van der Waals surface area contributed by atoms with Crippen molar-refractivity contribution >= 4 is 28.4 Å². The number of thiophene rings is 1. The highest BCUT2D eigenvalue weighted by atomic mass is 32.1. The number of hydrogen-bond donors (Lipinski definition) is 1.